The van der Waals surface area contributed by atoms with Gasteiger partial charge in [0.25, 0.3) is 0 Å². The van der Waals surface area contributed by atoms with Crippen molar-refractivity contribution in [3.8, 4) is 0 Å². The van der Waals surface area contributed by atoms with Crippen LogP contribution in [-0.4, -0.2) is 26.9 Å². The molecular formula is C11H14NO5P. The number of nitrogens with one attached hydrogen (secondary N) is 1. The molecule has 0 radical (unpaired) electrons. The van der Waals surface area contributed by atoms with E-state index < -0.39 is 19.6 Å². The molecule has 0 amide bonds. The van der Waals surface area contributed by atoms with E-state index in [4.69, 9.17) is 14.9 Å². The maximum Gasteiger partial charge on any atom is 0.329 e. The molecule has 0 aromatic heterocycles. The van der Waals surface area contributed by atoms with Gasteiger partial charge in [0.1, 0.15) is 6.04 Å². The van der Waals surface area contributed by atoms with E-state index in [0.717, 1.165) is 11.1 Å². The summed E-state index contributed by atoms with van der Waals surface area (Å²) < 4.78 is 10.9. The van der Waals surface area contributed by atoms with Crippen LogP contribution in [0, 0.1) is 0 Å². The van der Waals surface area contributed by atoms with Gasteiger partial charge in [-0.05, 0) is 23.1 Å². The molecule has 0 spiro atoms. The zero-order valence-electron chi connectivity index (χ0n) is 9.54. The third-order valence-corrected chi connectivity index (χ3v) is 3.70. The van der Waals surface area contributed by atoms with Crippen LogP contribution in [0.2, 0.25) is 0 Å². The summed E-state index contributed by atoms with van der Waals surface area (Å²) in [5.74, 6) is -0.916. The fourth-order valence-electron chi connectivity index (χ4n) is 2.08. The summed E-state index contributed by atoms with van der Waals surface area (Å²) in [5, 5.41) is 11.8. The first-order chi connectivity index (χ1) is 8.35. The van der Waals surface area contributed by atoms with Gasteiger partial charge in [-0.25, -0.2) is 0 Å². The minimum absolute atomic E-state index is 0.314. The molecule has 0 saturated carbocycles. The van der Waals surface area contributed by atoms with Crippen LogP contribution in [0.25, 0.3) is 0 Å². The maximum absolute atomic E-state index is 10.9. The Morgan fingerprint density at radius 2 is 2.11 bits per heavy atom. The van der Waals surface area contributed by atoms with Crippen LogP contribution in [0.3, 0.4) is 0 Å². The molecule has 0 fully saturated rings. The molecule has 98 valence electrons. The Morgan fingerprint density at radius 1 is 1.39 bits per heavy atom. The first-order valence-electron chi connectivity index (χ1n) is 5.46. The number of carbonyl (C=O) groups is 1. The number of benzene rings is 1. The monoisotopic (exact) mass is 271 g/mol. The lowest BCUT2D eigenvalue weighted by atomic mass is 9.94. The Bertz CT molecular complexity index is 524. The maximum atomic E-state index is 10.9. The summed E-state index contributed by atoms with van der Waals surface area (Å²) in [6.07, 6.45) is 0.0190. The van der Waals surface area contributed by atoms with Gasteiger partial charge in [-0.15, -0.1) is 0 Å². The summed E-state index contributed by atoms with van der Waals surface area (Å²) in [4.78, 5) is 28.7. The number of carboxylic acids is 1. The van der Waals surface area contributed by atoms with Crippen molar-refractivity contribution in [2.45, 2.75) is 25.2 Å². The van der Waals surface area contributed by atoms with E-state index in [1.54, 1.807) is 18.2 Å². The highest BCUT2D eigenvalue weighted by Crippen LogP contribution is 2.39. The molecule has 18 heavy (non-hydrogen) atoms. The Kier molecular flexibility index (Phi) is 3.54. The third-order valence-electron chi connectivity index (χ3n) is 2.92. The summed E-state index contributed by atoms with van der Waals surface area (Å²) in [7, 11) is -4.09. The van der Waals surface area contributed by atoms with Crippen LogP contribution in [0.15, 0.2) is 18.2 Å². The summed E-state index contributed by atoms with van der Waals surface area (Å²) in [6, 6.07) is 4.50. The number of aliphatic carboxylic acids is 1. The van der Waals surface area contributed by atoms with Gasteiger partial charge >= 0.3 is 13.6 Å². The van der Waals surface area contributed by atoms with Crippen molar-refractivity contribution < 1.29 is 24.3 Å². The van der Waals surface area contributed by atoms with Crippen LogP contribution in [0.4, 0.5) is 0 Å². The number of fused-ring (bicyclic) bond motifs is 1. The Morgan fingerprint density at radius 3 is 2.72 bits per heavy atom. The van der Waals surface area contributed by atoms with Crippen LogP contribution in [0.1, 0.15) is 16.7 Å². The molecule has 1 heterocycles. The fourth-order valence-corrected chi connectivity index (χ4v) is 2.75. The Hall–Kier alpha value is -1.20. The van der Waals surface area contributed by atoms with Gasteiger partial charge in [-0.3, -0.25) is 9.36 Å². The molecule has 1 aromatic rings. The second-order valence-electron chi connectivity index (χ2n) is 4.40. The lowest BCUT2D eigenvalue weighted by molar-refractivity contribution is -0.139. The Balaban J connectivity index is 2.23. The molecule has 1 aliphatic rings. The number of hydrogen-bond acceptors (Lipinski definition) is 3. The third kappa shape index (κ3) is 3.17. The van der Waals surface area contributed by atoms with E-state index in [9.17, 15) is 9.36 Å². The van der Waals surface area contributed by atoms with Gasteiger partial charge in [0, 0.05) is 6.54 Å². The van der Waals surface area contributed by atoms with E-state index in [1.165, 1.54) is 0 Å². The minimum atomic E-state index is -4.09. The van der Waals surface area contributed by atoms with Gasteiger partial charge in [0.05, 0.1) is 6.16 Å². The summed E-state index contributed by atoms with van der Waals surface area (Å²) in [6.45, 7) is 0.461. The normalized spacial score (nSPS) is 19.3. The van der Waals surface area contributed by atoms with Crippen molar-refractivity contribution in [2.24, 2.45) is 0 Å². The molecular weight excluding hydrogens is 257 g/mol. The molecule has 1 atom stereocenters. The van der Waals surface area contributed by atoms with E-state index in [0.29, 0.717) is 18.5 Å². The lowest BCUT2D eigenvalue weighted by Crippen LogP contribution is -2.41. The number of carboxylic acid groups (broad SMARTS) is 1. The van der Waals surface area contributed by atoms with Crippen molar-refractivity contribution in [3.63, 3.8) is 0 Å². The van der Waals surface area contributed by atoms with Crippen molar-refractivity contribution in [1.29, 1.82) is 0 Å². The van der Waals surface area contributed by atoms with Gasteiger partial charge in [-0.2, -0.15) is 0 Å². The molecule has 4 N–H and O–H groups in total. The molecule has 2 rings (SSSR count). The fraction of sp³-hybridized carbons (Fsp3) is 0.364. The van der Waals surface area contributed by atoms with Gasteiger partial charge in [-0.1, -0.05) is 18.2 Å². The predicted molar refractivity (Wildman–Crippen MR) is 64.2 cm³/mol. The first kappa shape index (κ1) is 13.2. The lowest BCUT2D eigenvalue weighted by Gasteiger charge is -2.23. The summed E-state index contributed by atoms with van der Waals surface area (Å²) in [5.41, 5.74) is 2.35. The quantitative estimate of drug-likeness (QED) is 0.595. The van der Waals surface area contributed by atoms with Crippen LogP contribution >= 0.6 is 7.60 Å². The van der Waals surface area contributed by atoms with Crippen molar-refractivity contribution in [3.05, 3.63) is 34.9 Å². The average Bonchev–Trinajstić information content (AvgIpc) is 2.25. The highest BCUT2D eigenvalue weighted by atomic mass is 31.2. The average molecular weight is 271 g/mol. The van der Waals surface area contributed by atoms with Crippen LogP contribution in [-0.2, 0) is 28.5 Å². The van der Waals surface area contributed by atoms with Gasteiger partial charge in [0.2, 0.25) is 0 Å². The first-order valence-corrected chi connectivity index (χ1v) is 7.26. The second kappa shape index (κ2) is 4.82. The summed E-state index contributed by atoms with van der Waals surface area (Å²) >= 11 is 0. The van der Waals surface area contributed by atoms with Crippen molar-refractivity contribution >= 4 is 13.6 Å². The van der Waals surface area contributed by atoms with Crippen molar-refractivity contribution in [2.75, 3.05) is 0 Å². The zero-order valence-corrected chi connectivity index (χ0v) is 10.4. The predicted octanol–water partition coefficient (Wildman–Crippen LogP) is 0.463. The molecule has 1 aromatic carbocycles. The SMILES string of the molecule is O=C(O)C1Cc2cc(CP(=O)(O)O)ccc2CN1. The number of rotatable bonds is 3. The molecule has 7 heteroatoms. The highest BCUT2D eigenvalue weighted by Gasteiger charge is 2.24. The smallest absolute Gasteiger partial charge is 0.329 e. The van der Waals surface area contributed by atoms with Crippen molar-refractivity contribution in [1.82, 2.24) is 5.32 Å². The highest BCUT2D eigenvalue weighted by molar-refractivity contribution is 7.50. The van der Waals surface area contributed by atoms with E-state index in [2.05, 4.69) is 5.32 Å². The van der Waals surface area contributed by atoms with Crippen LogP contribution in [0.5, 0.6) is 0 Å². The van der Waals surface area contributed by atoms with E-state index >= 15 is 0 Å². The van der Waals surface area contributed by atoms with E-state index in [-0.39, 0.29) is 6.16 Å². The molecule has 0 bridgehead atoms. The molecule has 6 nitrogen and oxygen atoms in total. The largest absolute Gasteiger partial charge is 0.480 e. The van der Waals surface area contributed by atoms with Crippen LogP contribution < -0.4 is 5.32 Å². The molecule has 0 saturated heterocycles. The van der Waals surface area contributed by atoms with Gasteiger partial charge < -0.3 is 20.2 Å². The van der Waals surface area contributed by atoms with Gasteiger partial charge in [0.15, 0.2) is 0 Å². The topological polar surface area (TPSA) is 107 Å². The minimum Gasteiger partial charge on any atom is -0.480 e. The number of hydrogen-bond donors (Lipinski definition) is 4. The van der Waals surface area contributed by atoms with E-state index in [1.807, 2.05) is 0 Å². The molecule has 0 aliphatic carbocycles. The standard InChI is InChI=1S/C11H14NO5P/c13-11(14)10-4-9-3-7(6-18(15,16)17)1-2-8(9)5-12-10/h1-3,10,12H,4-6H2,(H,13,14)(H2,15,16,17). The zero-order chi connectivity index (χ0) is 13.3. The second-order valence-corrected chi connectivity index (χ2v) is 6.05. The molecule has 1 unspecified atom stereocenters. The molecule has 1 aliphatic heterocycles. The Labute approximate surface area is 104 Å².